The minimum absolute atomic E-state index is 0.0195. The number of hydrogen-bond donors (Lipinski definition) is 1. The molecule has 0 aliphatic carbocycles. The van der Waals surface area contributed by atoms with Crippen LogP contribution in [0.15, 0.2) is 41.3 Å². The van der Waals surface area contributed by atoms with Gasteiger partial charge in [-0.25, -0.2) is 26.3 Å². The summed E-state index contributed by atoms with van der Waals surface area (Å²) in [6.45, 7) is 1.91. The predicted octanol–water partition coefficient (Wildman–Crippen LogP) is 2.93. The molecule has 22 heavy (non-hydrogen) atoms. The average Bonchev–Trinajstić information content (AvgIpc) is 2.46. The molecule has 0 amide bonds. The molecule has 0 saturated heterocycles. The van der Waals surface area contributed by atoms with Gasteiger partial charge in [0, 0.05) is 6.54 Å². The van der Waals surface area contributed by atoms with Gasteiger partial charge in [-0.15, -0.1) is 0 Å². The Morgan fingerprint density at radius 3 is 2.36 bits per heavy atom. The van der Waals surface area contributed by atoms with Gasteiger partial charge in [0.1, 0.15) is 4.90 Å². The summed E-state index contributed by atoms with van der Waals surface area (Å²) in [7, 11) is -4.24. The number of sulfonamides is 1. The van der Waals surface area contributed by atoms with E-state index >= 15 is 0 Å². The van der Waals surface area contributed by atoms with E-state index in [-0.39, 0.29) is 6.54 Å². The fraction of sp³-hybridized carbons (Fsp3) is 0.200. The van der Waals surface area contributed by atoms with Crippen LogP contribution < -0.4 is 4.72 Å². The van der Waals surface area contributed by atoms with Gasteiger partial charge in [-0.1, -0.05) is 24.3 Å². The van der Waals surface area contributed by atoms with Crippen LogP contribution in [0.3, 0.4) is 0 Å². The molecule has 7 heteroatoms. The molecule has 0 spiro atoms. The zero-order valence-corrected chi connectivity index (χ0v) is 12.6. The van der Waals surface area contributed by atoms with Gasteiger partial charge in [-0.05, 0) is 36.6 Å². The van der Waals surface area contributed by atoms with E-state index in [1.54, 1.807) is 0 Å². The van der Waals surface area contributed by atoms with Gasteiger partial charge in [0.2, 0.25) is 10.0 Å². The molecular weight excluding hydrogens is 315 g/mol. The second kappa shape index (κ2) is 6.50. The number of nitrogens with one attached hydrogen (secondary N) is 1. The molecule has 3 nitrogen and oxygen atoms in total. The standard InChI is InChI=1S/C15H14F3NO2S/c1-10-4-2-3-5-11(10)8-9-19-22(20,21)13-7-6-12(16)14(17)15(13)18/h2-7,19H,8-9H2,1H3. The Balaban J connectivity index is 2.12. The third-order valence-corrected chi connectivity index (χ3v) is 4.72. The molecule has 0 fully saturated rings. The van der Waals surface area contributed by atoms with Crippen molar-refractivity contribution in [1.82, 2.24) is 4.72 Å². The summed E-state index contributed by atoms with van der Waals surface area (Å²) in [6, 6.07) is 8.70. The van der Waals surface area contributed by atoms with E-state index < -0.39 is 32.4 Å². The zero-order chi connectivity index (χ0) is 16.3. The molecule has 118 valence electrons. The molecule has 2 aromatic rings. The van der Waals surface area contributed by atoms with E-state index in [1.165, 1.54) is 0 Å². The first-order valence-corrected chi connectivity index (χ1v) is 7.99. The summed E-state index contributed by atoms with van der Waals surface area (Å²) in [6.07, 6.45) is 0.400. The molecule has 2 rings (SSSR count). The lowest BCUT2D eigenvalue weighted by atomic mass is 10.1. The lowest BCUT2D eigenvalue weighted by Crippen LogP contribution is -2.27. The third-order valence-electron chi connectivity index (χ3n) is 3.24. The predicted molar refractivity (Wildman–Crippen MR) is 76.4 cm³/mol. The van der Waals surface area contributed by atoms with E-state index in [9.17, 15) is 21.6 Å². The summed E-state index contributed by atoms with van der Waals surface area (Å²) in [5.74, 6) is -4.96. The van der Waals surface area contributed by atoms with Gasteiger partial charge in [-0.2, -0.15) is 0 Å². The molecule has 2 aromatic carbocycles. The highest BCUT2D eigenvalue weighted by Gasteiger charge is 2.23. The maximum Gasteiger partial charge on any atom is 0.243 e. The molecule has 0 aliphatic heterocycles. The molecule has 0 unspecified atom stereocenters. The maximum absolute atomic E-state index is 13.5. The van der Waals surface area contributed by atoms with Gasteiger partial charge in [0.05, 0.1) is 0 Å². The topological polar surface area (TPSA) is 46.2 Å². The molecule has 0 aromatic heterocycles. The highest BCUT2D eigenvalue weighted by Crippen LogP contribution is 2.19. The maximum atomic E-state index is 13.5. The normalized spacial score (nSPS) is 11.6. The highest BCUT2D eigenvalue weighted by atomic mass is 32.2. The number of aryl methyl sites for hydroxylation is 1. The second-order valence-electron chi connectivity index (χ2n) is 4.75. The van der Waals surface area contributed by atoms with Crippen LogP contribution in [0, 0.1) is 24.4 Å². The Bertz CT molecular complexity index is 791. The van der Waals surface area contributed by atoms with Gasteiger partial charge >= 0.3 is 0 Å². The lowest BCUT2D eigenvalue weighted by molar-refractivity contribution is 0.431. The van der Waals surface area contributed by atoms with Crippen LogP contribution in [0.5, 0.6) is 0 Å². The molecule has 0 aliphatic rings. The smallest absolute Gasteiger partial charge is 0.211 e. The molecule has 0 saturated carbocycles. The summed E-state index contributed by atoms with van der Waals surface area (Å²) < 4.78 is 65.6. The van der Waals surface area contributed by atoms with Gasteiger partial charge < -0.3 is 0 Å². The van der Waals surface area contributed by atoms with E-state index in [0.717, 1.165) is 11.1 Å². The van der Waals surface area contributed by atoms with E-state index in [1.807, 2.05) is 31.2 Å². The van der Waals surface area contributed by atoms with Crippen LogP contribution in [-0.4, -0.2) is 15.0 Å². The van der Waals surface area contributed by atoms with Gasteiger partial charge in [-0.3, -0.25) is 0 Å². The van der Waals surface area contributed by atoms with Crippen LogP contribution >= 0.6 is 0 Å². The summed E-state index contributed by atoms with van der Waals surface area (Å²) in [4.78, 5) is -0.906. The Kier molecular flexibility index (Phi) is 4.87. The average molecular weight is 329 g/mol. The van der Waals surface area contributed by atoms with Crippen LogP contribution in [-0.2, 0) is 16.4 Å². The quantitative estimate of drug-likeness (QED) is 0.858. The highest BCUT2D eigenvalue weighted by molar-refractivity contribution is 7.89. The molecule has 0 heterocycles. The molecule has 0 bridgehead atoms. The monoisotopic (exact) mass is 329 g/mol. The Morgan fingerprint density at radius 2 is 1.68 bits per heavy atom. The first kappa shape index (κ1) is 16.5. The first-order chi connectivity index (χ1) is 10.3. The fourth-order valence-electron chi connectivity index (χ4n) is 2.00. The lowest BCUT2D eigenvalue weighted by Gasteiger charge is -2.09. The van der Waals surface area contributed by atoms with E-state index in [2.05, 4.69) is 4.72 Å². The van der Waals surface area contributed by atoms with Gasteiger partial charge in [0.25, 0.3) is 0 Å². The number of rotatable bonds is 5. The Morgan fingerprint density at radius 1 is 1.00 bits per heavy atom. The minimum atomic E-state index is -4.24. The van der Waals surface area contributed by atoms with E-state index in [4.69, 9.17) is 0 Å². The second-order valence-corrected chi connectivity index (χ2v) is 6.48. The van der Waals surface area contributed by atoms with Crippen LogP contribution in [0.2, 0.25) is 0 Å². The van der Waals surface area contributed by atoms with Crippen molar-refractivity contribution >= 4 is 10.0 Å². The van der Waals surface area contributed by atoms with Crippen molar-refractivity contribution in [2.24, 2.45) is 0 Å². The van der Waals surface area contributed by atoms with E-state index in [0.29, 0.717) is 18.6 Å². The molecular formula is C15H14F3NO2S. The molecule has 0 radical (unpaired) electrons. The molecule has 0 atom stereocenters. The third kappa shape index (κ3) is 3.48. The Labute approximate surface area is 126 Å². The van der Waals surface area contributed by atoms with Crippen LogP contribution in [0.4, 0.5) is 13.2 Å². The summed E-state index contributed by atoms with van der Waals surface area (Å²) >= 11 is 0. The fourth-order valence-corrected chi connectivity index (χ4v) is 3.10. The van der Waals surface area contributed by atoms with Crippen molar-refractivity contribution in [3.05, 3.63) is 65.0 Å². The SMILES string of the molecule is Cc1ccccc1CCNS(=O)(=O)c1ccc(F)c(F)c1F. The Hall–Kier alpha value is -1.86. The first-order valence-electron chi connectivity index (χ1n) is 6.50. The minimum Gasteiger partial charge on any atom is -0.211 e. The van der Waals surface area contributed by atoms with Crippen molar-refractivity contribution < 1.29 is 21.6 Å². The van der Waals surface area contributed by atoms with Crippen molar-refractivity contribution in [3.8, 4) is 0 Å². The number of hydrogen-bond acceptors (Lipinski definition) is 2. The number of benzene rings is 2. The van der Waals surface area contributed by atoms with Crippen molar-refractivity contribution in [1.29, 1.82) is 0 Å². The molecule has 1 N–H and O–H groups in total. The van der Waals surface area contributed by atoms with Crippen molar-refractivity contribution in [2.75, 3.05) is 6.54 Å². The largest absolute Gasteiger partial charge is 0.243 e. The van der Waals surface area contributed by atoms with Crippen LogP contribution in [0.1, 0.15) is 11.1 Å². The zero-order valence-electron chi connectivity index (χ0n) is 11.7. The van der Waals surface area contributed by atoms with Gasteiger partial charge in [0.15, 0.2) is 17.5 Å². The van der Waals surface area contributed by atoms with Crippen molar-refractivity contribution in [3.63, 3.8) is 0 Å². The summed E-state index contributed by atoms with van der Waals surface area (Å²) in [5, 5.41) is 0. The van der Waals surface area contributed by atoms with Crippen LogP contribution in [0.25, 0.3) is 0 Å². The number of halogens is 3. The summed E-state index contributed by atoms with van der Waals surface area (Å²) in [5.41, 5.74) is 1.94. The van der Waals surface area contributed by atoms with Crippen molar-refractivity contribution in [2.45, 2.75) is 18.2 Å².